The molecule has 0 aliphatic carbocycles. The highest BCUT2D eigenvalue weighted by atomic mass is 35.5. The normalized spacial score (nSPS) is 12.0. The van der Waals surface area contributed by atoms with Gasteiger partial charge in [0.05, 0.1) is 6.04 Å². The third-order valence-electron chi connectivity index (χ3n) is 3.83. The van der Waals surface area contributed by atoms with E-state index in [9.17, 15) is 9.59 Å². The number of nitrogens with one attached hydrogen (secondary N) is 2. The van der Waals surface area contributed by atoms with E-state index in [4.69, 9.17) is 16.7 Å². The average molecular weight is 356 g/mol. The molecule has 7 heteroatoms. The van der Waals surface area contributed by atoms with Crippen LogP contribution in [0.1, 0.15) is 38.3 Å². The molecular weight excluding hydrogens is 330 g/mol. The van der Waals surface area contributed by atoms with Gasteiger partial charge in [-0.05, 0) is 31.1 Å². The predicted octanol–water partition coefficient (Wildman–Crippen LogP) is 2.89. The van der Waals surface area contributed by atoms with Crippen LogP contribution in [0.15, 0.2) is 24.3 Å². The van der Waals surface area contributed by atoms with Crippen LogP contribution in [-0.4, -0.2) is 48.2 Å². The predicted molar refractivity (Wildman–Crippen MR) is 95.4 cm³/mol. The quantitative estimate of drug-likeness (QED) is 0.564. The number of likely N-dealkylation sites (N-methyl/N-ethyl adjacent to an activating group) is 1. The number of hydrogen-bond acceptors (Lipinski definition) is 3. The number of carbonyl (C=O) groups excluding carboxylic acids is 1. The maximum Gasteiger partial charge on any atom is 0.314 e. The Labute approximate surface area is 148 Å². The summed E-state index contributed by atoms with van der Waals surface area (Å²) in [7, 11) is 0. The maximum absolute atomic E-state index is 11.9. The number of carbonyl (C=O) groups is 2. The summed E-state index contributed by atoms with van der Waals surface area (Å²) >= 11 is 6.31. The van der Waals surface area contributed by atoms with Gasteiger partial charge in [-0.15, -0.1) is 0 Å². The molecule has 1 unspecified atom stereocenters. The minimum Gasteiger partial charge on any atom is -0.481 e. The first kappa shape index (κ1) is 20.3. The molecule has 0 bridgehead atoms. The van der Waals surface area contributed by atoms with Gasteiger partial charge in [0.15, 0.2) is 0 Å². The molecule has 0 aliphatic rings. The Morgan fingerprint density at radius 3 is 2.46 bits per heavy atom. The monoisotopic (exact) mass is 355 g/mol. The zero-order chi connectivity index (χ0) is 17.9. The van der Waals surface area contributed by atoms with Gasteiger partial charge >= 0.3 is 12.0 Å². The molecule has 24 heavy (non-hydrogen) atoms. The van der Waals surface area contributed by atoms with Gasteiger partial charge < -0.3 is 15.7 Å². The average Bonchev–Trinajstić information content (AvgIpc) is 2.56. The summed E-state index contributed by atoms with van der Waals surface area (Å²) < 4.78 is 0. The Hall–Kier alpha value is -1.79. The Balaban J connectivity index is 2.61. The molecule has 6 nitrogen and oxygen atoms in total. The Bertz CT molecular complexity index is 536. The van der Waals surface area contributed by atoms with Gasteiger partial charge in [0, 0.05) is 24.5 Å². The SMILES string of the molecule is CCN(CC)C(CNC(=O)NCCCC(=O)O)c1ccccc1Cl. The van der Waals surface area contributed by atoms with Crippen molar-refractivity contribution in [1.82, 2.24) is 15.5 Å². The third-order valence-corrected chi connectivity index (χ3v) is 4.17. The first-order valence-electron chi connectivity index (χ1n) is 8.21. The number of hydrogen-bond donors (Lipinski definition) is 3. The summed E-state index contributed by atoms with van der Waals surface area (Å²) in [5, 5.41) is 14.8. The molecule has 0 radical (unpaired) electrons. The van der Waals surface area contributed by atoms with E-state index < -0.39 is 5.97 Å². The summed E-state index contributed by atoms with van der Waals surface area (Å²) in [4.78, 5) is 24.6. The molecule has 0 heterocycles. The summed E-state index contributed by atoms with van der Waals surface area (Å²) in [6, 6.07) is 7.32. The summed E-state index contributed by atoms with van der Waals surface area (Å²) in [5.74, 6) is -0.863. The lowest BCUT2D eigenvalue weighted by molar-refractivity contribution is -0.137. The van der Waals surface area contributed by atoms with Crippen LogP contribution < -0.4 is 10.6 Å². The van der Waals surface area contributed by atoms with Gasteiger partial charge in [0.1, 0.15) is 0 Å². The van der Waals surface area contributed by atoms with Gasteiger partial charge in [-0.1, -0.05) is 43.6 Å². The van der Waals surface area contributed by atoms with Crippen molar-refractivity contribution in [3.63, 3.8) is 0 Å². The third kappa shape index (κ3) is 6.76. The van der Waals surface area contributed by atoms with Crippen LogP contribution in [0, 0.1) is 0 Å². The lowest BCUT2D eigenvalue weighted by atomic mass is 10.0. The fourth-order valence-electron chi connectivity index (χ4n) is 2.54. The van der Waals surface area contributed by atoms with Gasteiger partial charge in [-0.3, -0.25) is 9.69 Å². The lowest BCUT2D eigenvalue weighted by Gasteiger charge is -2.30. The van der Waals surface area contributed by atoms with Gasteiger partial charge in [-0.2, -0.15) is 0 Å². The first-order chi connectivity index (χ1) is 11.5. The Morgan fingerprint density at radius 2 is 1.88 bits per heavy atom. The summed E-state index contributed by atoms with van der Waals surface area (Å²) in [6.07, 6.45) is 0.453. The molecule has 0 aromatic heterocycles. The number of aliphatic carboxylic acids is 1. The zero-order valence-corrected chi connectivity index (χ0v) is 15.0. The van der Waals surface area contributed by atoms with Crippen molar-refractivity contribution in [2.24, 2.45) is 0 Å². The largest absolute Gasteiger partial charge is 0.481 e. The van der Waals surface area contributed by atoms with Crippen LogP contribution >= 0.6 is 11.6 Å². The van der Waals surface area contributed by atoms with E-state index in [0.717, 1.165) is 18.7 Å². The minimum atomic E-state index is -0.863. The molecular formula is C17H26ClN3O3. The van der Waals surface area contributed by atoms with Crippen LogP contribution in [0.3, 0.4) is 0 Å². The van der Waals surface area contributed by atoms with Gasteiger partial charge in [-0.25, -0.2) is 4.79 Å². The number of benzene rings is 1. The van der Waals surface area contributed by atoms with Crippen molar-refractivity contribution in [3.8, 4) is 0 Å². The molecule has 0 fully saturated rings. The fourth-order valence-corrected chi connectivity index (χ4v) is 2.80. The smallest absolute Gasteiger partial charge is 0.314 e. The van der Waals surface area contributed by atoms with Gasteiger partial charge in [0.25, 0.3) is 0 Å². The highest BCUT2D eigenvalue weighted by Crippen LogP contribution is 2.26. The van der Waals surface area contributed by atoms with E-state index in [1.165, 1.54) is 0 Å². The number of halogens is 1. The van der Waals surface area contributed by atoms with Crippen molar-refractivity contribution in [2.45, 2.75) is 32.7 Å². The van der Waals surface area contributed by atoms with Crippen molar-refractivity contribution in [3.05, 3.63) is 34.9 Å². The van der Waals surface area contributed by atoms with Crippen molar-refractivity contribution >= 4 is 23.6 Å². The van der Waals surface area contributed by atoms with E-state index in [2.05, 4.69) is 29.4 Å². The van der Waals surface area contributed by atoms with E-state index in [0.29, 0.717) is 24.5 Å². The van der Waals surface area contributed by atoms with Crippen LogP contribution in [0.25, 0.3) is 0 Å². The highest BCUT2D eigenvalue weighted by molar-refractivity contribution is 6.31. The van der Waals surface area contributed by atoms with E-state index in [1.807, 2.05) is 24.3 Å². The van der Waals surface area contributed by atoms with E-state index >= 15 is 0 Å². The van der Waals surface area contributed by atoms with Crippen LogP contribution in [0.2, 0.25) is 5.02 Å². The number of carboxylic acids is 1. The molecule has 134 valence electrons. The Kier molecular flexibility index (Phi) is 9.19. The number of urea groups is 1. The van der Waals surface area contributed by atoms with E-state index in [-0.39, 0.29) is 18.5 Å². The highest BCUT2D eigenvalue weighted by Gasteiger charge is 2.20. The molecule has 0 spiro atoms. The fraction of sp³-hybridized carbons (Fsp3) is 0.529. The van der Waals surface area contributed by atoms with Crippen LogP contribution in [0.5, 0.6) is 0 Å². The number of nitrogens with zero attached hydrogens (tertiary/aromatic N) is 1. The zero-order valence-electron chi connectivity index (χ0n) is 14.2. The second-order valence-electron chi connectivity index (χ2n) is 5.39. The number of amides is 2. The molecule has 1 aromatic carbocycles. The molecule has 0 aliphatic heterocycles. The van der Waals surface area contributed by atoms with Crippen LogP contribution in [-0.2, 0) is 4.79 Å². The lowest BCUT2D eigenvalue weighted by Crippen LogP contribution is -2.42. The number of carboxylic acid groups (broad SMARTS) is 1. The molecule has 1 aromatic rings. The molecule has 0 saturated carbocycles. The minimum absolute atomic E-state index is 0.0153. The van der Waals surface area contributed by atoms with Crippen molar-refractivity contribution < 1.29 is 14.7 Å². The summed E-state index contributed by atoms with van der Waals surface area (Å²) in [6.45, 7) is 6.58. The number of rotatable bonds is 10. The van der Waals surface area contributed by atoms with Crippen molar-refractivity contribution in [1.29, 1.82) is 0 Å². The molecule has 2 amide bonds. The standard InChI is InChI=1S/C17H26ClN3O3/c1-3-21(4-2)15(13-8-5-6-9-14(13)18)12-20-17(24)19-11-7-10-16(22)23/h5-6,8-9,15H,3-4,7,10-12H2,1-2H3,(H,22,23)(H2,19,20,24). The Morgan fingerprint density at radius 1 is 1.21 bits per heavy atom. The second-order valence-corrected chi connectivity index (χ2v) is 5.80. The topological polar surface area (TPSA) is 81.7 Å². The van der Waals surface area contributed by atoms with Crippen LogP contribution in [0.4, 0.5) is 4.79 Å². The van der Waals surface area contributed by atoms with Gasteiger partial charge in [0.2, 0.25) is 0 Å². The molecule has 1 rings (SSSR count). The second kappa shape index (κ2) is 10.9. The maximum atomic E-state index is 11.9. The molecule has 0 saturated heterocycles. The molecule has 3 N–H and O–H groups in total. The molecule has 1 atom stereocenters. The van der Waals surface area contributed by atoms with Crippen molar-refractivity contribution in [2.75, 3.05) is 26.2 Å². The summed E-state index contributed by atoms with van der Waals surface area (Å²) in [5.41, 5.74) is 0.981. The van der Waals surface area contributed by atoms with E-state index in [1.54, 1.807) is 0 Å². The first-order valence-corrected chi connectivity index (χ1v) is 8.59.